The summed E-state index contributed by atoms with van der Waals surface area (Å²) in [5.74, 6) is 1.44. The van der Waals surface area contributed by atoms with Gasteiger partial charge in [0.05, 0.1) is 6.54 Å². The van der Waals surface area contributed by atoms with Crippen LogP contribution in [0.2, 0.25) is 0 Å². The standard InChI is InChI=1S/C13H25NO2/c1-9(2)10-6-11(7-10)14-8-12(15)16-13(3,4)5/h9-11,14H,6-8H2,1-5H3. The highest BCUT2D eigenvalue weighted by atomic mass is 16.6. The van der Waals surface area contributed by atoms with E-state index in [9.17, 15) is 4.79 Å². The lowest BCUT2D eigenvalue weighted by molar-refractivity contribution is -0.154. The molecule has 1 fully saturated rings. The molecule has 0 atom stereocenters. The molecule has 0 saturated heterocycles. The first-order chi connectivity index (χ1) is 7.28. The molecule has 0 aromatic rings. The summed E-state index contributed by atoms with van der Waals surface area (Å²) in [4.78, 5) is 11.4. The molecule has 1 aliphatic rings. The maximum Gasteiger partial charge on any atom is 0.320 e. The SMILES string of the molecule is CC(C)C1CC(NCC(=O)OC(C)(C)C)C1. The normalized spacial score (nSPS) is 25.4. The van der Waals surface area contributed by atoms with Crippen molar-refractivity contribution in [2.24, 2.45) is 11.8 Å². The minimum Gasteiger partial charge on any atom is -0.459 e. The van der Waals surface area contributed by atoms with Crippen LogP contribution in [0, 0.1) is 11.8 Å². The number of nitrogens with one attached hydrogen (secondary N) is 1. The second-order valence-electron chi connectivity index (χ2n) is 6.14. The number of rotatable bonds is 4. The predicted octanol–water partition coefficient (Wildman–Crippen LogP) is 2.35. The Morgan fingerprint density at radius 1 is 1.38 bits per heavy atom. The molecule has 3 nitrogen and oxygen atoms in total. The molecule has 1 aliphatic carbocycles. The van der Waals surface area contributed by atoms with Gasteiger partial charge in [-0.1, -0.05) is 13.8 Å². The maximum absolute atomic E-state index is 11.4. The summed E-state index contributed by atoms with van der Waals surface area (Å²) in [5, 5.41) is 3.25. The van der Waals surface area contributed by atoms with Gasteiger partial charge in [-0.15, -0.1) is 0 Å². The van der Waals surface area contributed by atoms with E-state index in [0.717, 1.165) is 11.8 Å². The van der Waals surface area contributed by atoms with Crippen molar-refractivity contribution in [1.82, 2.24) is 5.32 Å². The van der Waals surface area contributed by atoms with E-state index >= 15 is 0 Å². The first-order valence-corrected chi connectivity index (χ1v) is 6.23. The van der Waals surface area contributed by atoms with Crippen LogP contribution in [0.4, 0.5) is 0 Å². The molecule has 3 heteroatoms. The van der Waals surface area contributed by atoms with Gasteiger partial charge < -0.3 is 10.1 Å². The minimum atomic E-state index is -0.376. The number of carbonyl (C=O) groups excluding carboxylic acids is 1. The average Bonchev–Trinajstić information content (AvgIpc) is 1.96. The second kappa shape index (κ2) is 5.17. The van der Waals surface area contributed by atoms with Crippen molar-refractivity contribution in [1.29, 1.82) is 0 Å². The zero-order valence-corrected chi connectivity index (χ0v) is 11.2. The fourth-order valence-corrected chi connectivity index (χ4v) is 1.98. The van der Waals surface area contributed by atoms with Crippen LogP contribution in [0.3, 0.4) is 0 Å². The van der Waals surface area contributed by atoms with E-state index in [1.165, 1.54) is 12.8 Å². The summed E-state index contributed by atoms with van der Waals surface area (Å²) in [6.07, 6.45) is 2.39. The van der Waals surface area contributed by atoms with Crippen molar-refractivity contribution >= 4 is 5.97 Å². The molecule has 1 rings (SSSR count). The van der Waals surface area contributed by atoms with E-state index in [0.29, 0.717) is 12.6 Å². The van der Waals surface area contributed by atoms with Crippen molar-refractivity contribution in [3.05, 3.63) is 0 Å². The summed E-state index contributed by atoms with van der Waals surface area (Å²) >= 11 is 0. The van der Waals surface area contributed by atoms with E-state index in [1.807, 2.05) is 20.8 Å². The molecule has 0 unspecified atom stereocenters. The summed E-state index contributed by atoms with van der Waals surface area (Å²) in [5.41, 5.74) is -0.376. The first kappa shape index (κ1) is 13.5. The van der Waals surface area contributed by atoms with Crippen LogP contribution in [-0.2, 0) is 9.53 Å². The first-order valence-electron chi connectivity index (χ1n) is 6.23. The van der Waals surface area contributed by atoms with Crippen molar-refractivity contribution in [3.8, 4) is 0 Å². The highest BCUT2D eigenvalue weighted by Crippen LogP contribution is 2.33. The largest absolute Gasteiger partial charge is 0.459 e. The number of hydrogen-bond acceptors (Lipinski definition) is 3. The molecule has 1 saturated carbocycles. The third-order valence-electron chi connectivity index (χ3n) is 3.07. The molecule has 0 aromatic heterocycles. The van der Waals surface area contributed by atoms with Gasteiger partial charge >= 0.3 is 5.97 Å². The molecule has 94 valence electrons. The van der Waals surface area contributed by atoms with Crippen LogP contribution in [0.15, 0.2) is 0 Å². The van der Waals surface area contributed by atoms with Crippen molar-refractivity contribution in [2.75, 3.05) is 6.54 Å². The summed E-state index contributed by atoms with van der Waals surface area (Å²) < 4.78 is 5.23. The lowest BCUT2D eigenvalue weighted by Crippen LogP contribution is -2.45. The molecule has 0 radical (unpaired) electrons. The lowest BCUT2D eigenvalue weighted by atomic mass is 9.74. The van der Waals surface area contributed by atoms with Crippen LogP contribution >= 0.6 is 0 Å². The maximum atomic E-state index is 11.4. The highest BCUT2D eigenvalue weighted by molar-refractivity contribution is 5.72. The van der Waals surface area contributed by atoms with Gasteiger partial charge in [-0.3, -0.25) is 4.79 Å². The predicted molar refractivity (Wildman–Crippen MR) is 65.2 cm³/mol. The molecular weight excluding hydrogens is 202 g/mol. The summed E-state index contributed by atoms with van der Waals surface area (Å²) in [7, 11) is 0. The number of esters is 1. The molecule has 16 heavy (non-hydrogen) atoms. The van der Waals surface area contributed by atoms with E-state index in [4.69, 9.17) is 4.74 Å². The van der Waals surface area contributed by atoms with Gasteiger partial charge in [0.25, 0.3) is 0 Å². The fourth-order valence-electron chi connectivity index (χ4n) is 1.98. The van der Waals surface area contributed by atoms with E-state index in [-0.39, 0.29) is 11.6 Å². The number of ether oxygens (including phenoxy) is 1. The van der Waals surface area contributed by atoms with Gasteiger partial charge in [0, 0.05) is 6.04 Å². The molecule has 0 amide bonds. The van der Waals surface area contributed by atoms with E-state index in [2.05, 4.69) is 19.2 Å². The summed E-state index contributed by atoms with van der Waals surface area (Å²) in [6.45, 7) is 10.5. The van der Waals surface area contributed by atoms with Gasteiger partial charge in [-0.25, -0.2) is 0 Å². The Morgan fingerprint density at radius 2 is 1.94 bits per heavy atom. The van der Waals surface area contributed by atoms with E-state index < -0.39 is 0 Å². The number of carbonyl (C=O) groups is 1. The van der Waals surface area contributed by atoms with Crippen molar-refractivity contribution in [3.63, 3.8) is 0 Å². The lowest BCUT2D eigenvalue weighted by Gasteiger charge is -2.38. The van der Waals surface area contributed by atoms with Crippen LogP contribution in [0.25, 0.3) is 0 Å². The van der Waals surface area contributed by atoms with Gasteiger partial charge in [0.2, 0.25) is 0 Å². The highest BCUT2D eigenvalue weighted by Gasteiger charge is 2.31. The van der Waals surface area contributed by atoms with Gasteiger partial charge in [0.15, 0.2) is 0 Å². The fraction of sp³-hybridized carbons (Fsp3) is 0.923. The molecule has 0 aliphatic heterocycles. The Kier molecular flexibility index (Phi) is 4.36. The molecular formula is C13H25NO2. The van der Waals surface area contributed by atoms with Crippen LogP contribution in [0.1, 0.15) is 47.5 Å². The number of hydrogen-bond donors (Lipinski definition) is 1. The van der Waals surface area contributed by atoms with Crippen LogP contribution in [-0.4, -0.2) is 24.2 Å². The quantitative estimate of drug-likeness (QED) is 0.749. The molecule has 0 spiro atoms. The Morgan fingerprint density at radius 3 is 2.38 bits per heavy atom. The van der Waals surface area contributed by atoms with Crippen LogP contribution < -0.4 is 5.32 Å². The zero-order chi connectivity index (χ0) is 12.3. The van der Waals surface area contributed by atoms with Crippen LogP contribution in [0.5, 0.6) is 0 Å². The molecule has 0 heterocycles. The second-order valence-corrected chi connectivity index (χ2v) is 6.14. The van der Waals surface area contributed by atoms with Gasteiger partial charge in [-0.2, -0.15) is 0 Å². The van der Waals surface area contributed by atoms with Crippen molar-refractivity contribution in [2.45, 2.75) is 59.1 Å². The Balaban J connectivity index is 2.11. The minimum absolute atomic E-state index is 0.152. The third kappa shape index (κ3) is 4.52. The van der Waals surface area contributed by atoms with E-state index in [1.54, 1.807) is 0 Å². The Bertz CT molecular complexity index is 237. The third-order valence-corrected chi connectivity index (χ3v) is 3.07. The average molecular weight is 227 g/mol. The van der Waals surface area contributed by atoms with Gasteiger partial charge in [0.1, 0.15) is 5.60 Å². The molecule has 0 aromatic carbocycles. The molecule has 1 N–H and O–H groups in total. The van der Waals surface area contributed by atoms with Crippen molar-refractivity contribution < 1.29 is 9.53 Å². The Labute approximate surface area is 98.9 Å². The Hall–Kier alpha value is -0.570. The smallest absolute Gasteiger partial charge is 0.320 e. The topological polar surface area (TPSA) is 38.3 Å². The van der Waals surface area contributed by atoms with Gasteiger partial charge in [-0.05, 0) is 45.4 Å². The monoisotopic (exact) mass is 227 g/mol. The zero-order valence-electron chi connectivity index (χ0n) is 11.2. The molecule has 0 bridgehead atoms. The summed E-state index contributed by atoms with van der Waals surface area (Å²) in [6, 6.07) is 0.514.